The zero-order valence-electron chi connectivity index (χ0n) is 6.99. The first-order valence-corrected chi connectivity index (χ1v) is 4.28. The van der Waals surface area contributed by atoms with Gasteiger partial charge in [-0.15, -0.1) is 0 Å². The molecule has 0 N–H and O–H groups in total. The maximum Gasteiger partial charge on any atom is 0.336 e. The Morgan fingerprint density at radius 1 is 1.21 bits per heavy atom. The van der Waals surface area contributed by atoms with Crippen molar-refractivity contribution in [2.24, 2.45) is 0 Å². The Balaban J connectivity index is 2.75. The molecule has 14 heavy (non-hydrogen) atoms. The number of rotatable bonds is 1. The molecule has 4 heteroatoms. The molecule has 0 bridgehead atoms. The van der Waals surface area contributed by atoms with Gasteiger partial charge in [0.2, 0.25) is 0 Å². The summed E-state index contributed by atoms with van der Waals surface area (Å²) in [5, 5.41) is 0.185. The highest BCUT2D eigenvalue weighted by Crippen LogP contribution is 2.15. The average molecular weight is 209 g/mol. The number of hydrogen-bond acceptors (Lipinski definition) is 3. The lowest BCUT2D eigenvalue weighted by Gasteiger charge is -1.96. The molecule has 0 spiro atoms. The van der Waals surface area contributed by atoms with Gasteiger partial charge in [0.1, 0.15) is 5.58 Å². The fourth-order valence-electron chi connectivity index (χ4n) is 1.18. The number of carbonyl (C=O) groups is 1. The molecule has 2 rings (SSSR count). The molecule has 0 atom stereocenters. The van der Waals surface area contributed by atoms with Crippen LogP contribution in [0.1, 0.15) is 10.4 Å². The van der Waals surface area contributed by atoms with Gasteiger partial charge in [-0.3, -0.25) is 4.79 Å². The van der Waals surface area contributed by atoms with Crippen LogP contribution in [-0.4, -0.2) is 5.24 Å². The molecule has 0 unspecified atom stereocenters. The Labute approximate surface area is 83.9 Å². The van der Waals surface area contributed by atoms with E-state index in [1.807, 2.05) is 0 Å². The van der Waals surface area contributed by atoms with Gasteiger partial charge in [-0.25, -0.2) is 4.79 Å². The van der Waals surface area contributed by atoms with E-state index in [0.717, 1.165) is 5.39 Å². The van der Waals surface area contributed by atoms with E-state index in [1.165, 1.54) is 12.1 Å². The lowest BCUT2D eigenvalue weighted by Crippen LogP contribution is -1.95. The predicted octanol–water partition coefficient (Wildman–Crippen LogP) is 2.17. The highest BCUT2D eigenvalue weighted by atomic mass is 35.5. The molecule has 1 heterocycles. The summed E-state index contributed by atoms with van der Waals surface area (Å²) in [6.07, 6.45) is 0. The van der Waals surface area contributed by atoms with Crippen LogP contribution in [0.25, 0.3) is 11.0 Å². The molecule has 0 aliphatic rings. The van der Waals surface area contributed by atoms with Gasteiger partial charge in [0.25, 0.3) is 5.24 Å². The number of benzene rings is 1. The summed E-state index contributed by atoms with van der Waals surface area (Å²) in [4.78, 5) is 21.7. The number of carbonyl (C=O) groups excluding carboxylic acids is 1. The van der Waals surface area contributed by atoms with Crippen LogP contribution in [0.3, 0.4) is 0 Å². The molecular formula is C10H5ClO3. The summed E-state index contributed by atoms with van der Waals surface area (Å²) in [7, 11) is 0. The quantitative estimate of drug-likeness (QED) is 0.533. The summed E-state index contributed by atoms with van der Waals surface area (Å²) in [5.74, 6) is 0. The second kappa shape index (κ2) is 3.27. The number of fused-ring (bicyclic) bond motifs is 1. The second-order valence-electron chi connectivity index (χ2n) is 2.78. The summed E-state index contributed by atoms with van der Waals surface area (Å²) in [5.41, 5.74) is 0.231. The van der Waals surface area contributed by atoms with Crippen LogP contribution in [0, 0.1) is 0 Å². The van der Waals surface area contributed by atoms with Crippen molar-refractivity contribution in [3.8, 4) is 0 Å². The van der Waals surface area contributed by atoms with Crippen LogP contribution in [0.15, 0.2) is 39.5 Å². The zero-order chi connectivity index (χ0) is 10.1. The maximum atomic E-state index is 10.9. The molecule has 70 valence electrons. The van der Waals surface area contributed by atoms with Crippen molar-refractivity contribution >= 4 is 27.8 Å². The van der Waals surface area contributed by atoms with Crippen molar-refractivity contribution in [2.75, 3.05) is 0 Å². The van der Waals surface area contributed by atoms with Gasteiger partial charge in [-0.05, 0) is 29.8 Å². The fourth-order valence-corrected chi connectivity index (χ4v) is 1.30. The Morgan fingerprint density at radius 3 is 2.64 bits per heavy atom. The van der Waals surface area contributed by atoms with Gasteiger partial charge in [-0.1, -0.05) is 6.07 Å². The Hall–Kier alpha value is -1.61. The molecule has 0 aliphatic carbocycles. The third kappa shape index (κ3) is 1.54. The van der Waals surface area contributed by atoms with E-state index in [0.29, 0.717) is 11.1 Å². The normalized spacial score (nSPS) is 10.4. The van der Waals surface area contributed by atoms with E-state index in [2.05, 4.69) is 0 Å². The van der Waals surface area contributed by atoms with E-state index in [1.54, 1.807) is 18.2 Å². The van der Waals surface area contributed by atoms with E-state index in [9.17, 15) is 9.59 Å². The smallest absolute Gasteiger partial charge is 0.336 e. The summed E-state index contributed by atoms with van der Waals surface area (Å²) >= 11 is 5.28. The van der Waals surface area contributed by atoms with Crippen molar-refractivity contribution in [3.63, 3.8) is 0 Å². The largest absolute Gasteiger partial charge is 0.423 e. The van der Waals surface area contributed by atoms with E-state index < -0.39 is 10.9 Å². The van der Waals surface area contributed by atoms with Crippen LogP contribution in [0.2, 0.25) is 0 Å². The summed E-state index contributed by atoms with van der Waals surface area (Å²) in [6, 6.07) is 7.66. The van der Waals surface area contributed by atoms with E-state index >= 15 is 0 Å². The van der Waals surface area contributed by atoms with Crippen molar-refractivity contribution in [3.05, 3.63) is 46.3 Å². The highest BCUT2D eigenvalue weighted by molar-refractivity contribution is 6.67. The molecule has 0 radical (unpaired) electrons. The third-order valence-corrected chi connectivity index (χ3v) is 2.07. The Kier molecular flexibility index (Phi) is 2.09. The standard InChI is InChI=1S/C10H5ClO3/c11-10(13)7-2-1-6-3-4-9(12)14-8(6)5-7/h1-5H. The molecule has 0 saturated carbocycles. The number of hydrogen-bond donors (Lipinski definition) is 0. The molecule has 3 nitrogen and oxygen atoms in total. The van der Waals surface area contributed by atoms with Crippen LogP contribution in [0.5, 0.6) is 0 Å². The van der Waals surface area contributed by atoms with Gasteiger partial charge in [0.15, 0.2) is 0 Å². The minimum absolute atomic E-state index is 0.313. The van der Waals surface area contributed by atoms with Crippen LogP contribution in [-0.2, 0) is 0 Å². The minimum Gasteiger partial charge on any atom is -0.423 e. The molecule has 0 aliphatic heterocycles. The van der Waals surface area contributed by atoms with Crippen molar-refractivity contribution in [1.82, 2.24) is 0 Å². The first-order valence-electron chi connectivity index (χ1n) is 3.90. The average Bonchev–Trinajstić information content (AvgIpc) is 2.16. The molecule has 0 amide bonds. The van der Waals surface area contributed by atoms with E-state index in [-0.39, 0.29) is 0 Å². The molecule has 0 saturated heterocycles. The predicted molar refractivity (Wildman–Crippen MR) is 52.7 cm³/mol. The zero-order valence-corrected chi connectivity index (χ0v) is 7.75. The topological polar surface area (TPSA) is 47.3 Å². The first kappa shape index (κ1) is 8.97. The van der Waals surface area contributed by atoms with E-state index in [4.69, 9.17) is 16.0 Å². The van der Waals surface area contributed by atoms with Gasteiger partial charge < -0.3 is 4.42 Å². The van der Waals surface area contributed by atoms with Gasteiger partial charge in [-0.2, -0.15) is 0 Å². The van der Waals surface area contributed by atoms with Crippen molar-refractivity contribution < 1.29 is 9.21 Å². The summed E-state index contributed by atoms with van der Waals surface area (Å²) in [6.45, 7) is 0. The van der Waals surface area contributed by atoms with Gasteiger partial charge in [0.05, 0.1) is 0 Å². The highest BCUT2D eigenvalue weighted by Gasteiger charge is 2.03. The monoisotopic (exact) mass is 208 g/mol. The second-order valence-corrected chi connectivity index (χ2v) is 3.12. The molecular weight excluding hydrogens is 204 g/mol. The molecule has 1 aromatic heterocycles. The van der Waals surface area contributed by atoms with Crippen molar-refractivity contribution in [1.29, 1.82) is 0 Å². The van der Waals surface area contributed by atoms with Crippen molar-refractivity contribution in [2.45, 2.75) is 0 Å². The SMILES string of the molecule is O=C(Cl)c1ccc2ccc(=O)oc2c1. The minimum atomic E-state index is -0.571. The lowest BCUT2D eigenvalue weighted by molar-refractivity contribution is 0.108. The lowest BCUT2D eigenvalue weighted by atomic mass is 10.2. The first-order chi connectivity index (χ1) is 6.66. The van der Waals surface area contributed by atoms with Crippen LogP contribution in [0.4, 0.5) is 0 Å². The molecule has 0 fully saturated rings. The van der Waals surface area contributed by atoms with Crippen LogP contribution >= 0.6 is 11.6 Å². The molecule has 2 aromatic rings. The third-order valence-electron chi connectivity index (χ3n) is 1.85. The van der Waals surface area contributed by atoms with Gasteiger partial charge in [0, 0.05) is 17.0 Å². The summed E-state index contributed by atoms with van der Waals surface area (Å²) < 4.78 is 4.89. The molecule has 1 aromatic carbocycles. The number of halogens is 1. The van der Waals surface area contributed by atoms with Crippen LogP contribution < -0.4 is 5.63 Å². The van der Waals surface area contributed by atoms with Gasteiger partial charge >= 0.3 is 5.63 Å². The maximum absolute atomic E-state index is 10.9. The Bertz CT molecular complexity index is 557. The Morgan fingerprint density at radius 2 is 1.93 bits per heavy atom. The fraction of sp³-hybridized carbons (Fsp3) is 0.